The molecule has 1 fully saturated rings. The van der Waals surface area contributed by atoms with Gasteiger partial charge in [0, 0.05) is 49.5 Å². The van der Waals surface area contributed by atoms with Crippen LogP contribution in [0.2, 0.25) is 5.02 Å². The number of hydrogen-bond acceptors (Lipinski definition) is 6. The van der Waals surface area contributed by atoms with E-state index in [1.807, 2.05) is 31.2 Å². The van der Waals surface area contributed by atoms with Gasteiger partial charge in [-0.1, -0.05) is 24.6 Å². The molecule has 0 amide bonds. The Hall–Kier alpha value is -2.36. The molecule has 1 aliphatic rings. The molecule has 0 saturated carbocycles. The Morgan fingerprint density at radius 3 is 2.64 bits per heavy atom. The third-order valence-electron chi connectivity index (χ3n) is 4.71. The fourth-order valence-corrected chi connectivity index (χ4v) is 4.76. The van der Waals surface area contributed by atoms with Gasteiger partial charge >= 0.3 is 0 Å². The number of hydrogen-bond donors (Lipinski definition) is 1. The Bertz CT molecular complexity index is 1070. The van der Waals surface area contributed by atoms with Crippen molar-refractivity contribution in [3.63, 3.8) is 0 Å². The molecule has 10 heteroatoms. The molecule has 3 aromatic rings. The minimum absolute atomic E-state index is 0.190. The molecule has 3 heterocycles. The Morgan fingerprint density at radius 2 is 1.96 bits per heavy atom. The van der Waals surface area contributed by atoms with E-state index in [2.05, 4.69) is 20.1 Å². The number of rotatable bonds is 5. The molecule has 1 N–H and O–H groups in total. The Morgan fingerprint density at radius 1 is 1.18 bits per heavy atom. The van der Waals surface area contributed by atoms with Crippen molar-refractivity contribution in [3.8, 4) is 11.6 Å². The van der Waals surface area contributed by atoms with Crippen molar-refractivity contribution in [2.24, 2.45) is 0 Å². The van der Waals surface area contributed by atoms with Crippen molar-refractivity contribution in [2.75, 3.05) is 31.1 Å². The molecule has 0 spiro atoms. The molecule has 4 rings (SSSR count). The molecule has 2 aromatic heterocycles. The fraction of sp³-hybridized carbons (Fsp3) is 0.333. The summed E-state index contributed by atoms with van der Waals surface area (Å²) in [4.78, 5) is 5.24. The molecule has 0 radical (unpaired) electrons. The molecule has 0 aliphatic carbocycles. The average molecular weight is 422 g/mol. The van der Waals surface area contributed by atoms with E-state index in [4.69, 9.17) is 16.0 Å². The lowest BCUT2D eigenvalue weighted by Crippen LogP contribution is -2.48. The van der Waals surface area contributed by atoms with Crippen LogP contribution in [0.4, 0.5) is 5.69 Å². The van der Waals surface area contributed by atoms with Crippen LogP contribution < -0.4 is 4.90 Å². The van der Waals surface area contributed by atoms with Gasteiger partial charge < -0.3 is 14.3 Å². The highest BCUT2D eigenvalue weighted by atomic mass is 35.5. The first-order valence-electron chi connectivity index (χ1n) is 8.99. The highest BCUT2D eigenvalue weighted by molar-refractivity contribution is 7.89. The summed E-state index contributed by atoms with van der Waals surface area (Å²) in [5.74, 6) is 0.787. The number of sulfonamides is 1. The summed E-state index contributed by atoms with van der Waals surface area (Å²) in [6.45, 7) is 3.90. The van der Waals surface area contributed by atoms with Crippen LogP contribution in [0, 0.1) is 0 Å². The number of nitrogens with zero attached hydrogens (tertiary/aromatic N) is 4. The molecule has 0 atom stereocenters. The highest BCUT2D eigenvalue weighted by Gasteiger charge is 2.30. The van der Waals surface area contributed by atoms with Gasteiger partial charge in [0.15, 0.2) is 0 Å². The summed E-state index contributed by atoms with van der Waals surface area (Å²) in [5, 5.41) is 8.51. The first-order chi connectivity index (χ1) is 13.5. The van der Waals surface area contributed by atoms with Crippen LogP contribution in [0.15, 0.2) is 45.8 Å². The maximum atomic E-state index is 13.0. The van der Waals surface area contributed by atoms with Gasteiger partial charge in [0.25, 0.3) is 5.89 Å². The minimum Gasteiger partial charge on any atom is -0.419 e. The van der Waals surface area contributed by atoms with E-state index in [1.54, 1.807) is 0 Å². The summed E-state index contributed by atoms with van der Waals surface area (Å²) in [7, 11) is -3.60. The van der Waals surface area contributed by atoms with Crippen LogP contribution in [-0.4, -0.2) is 54.1 Å². The van der Waals surface area contributed by atoms with E-state index in [0.717, 1.165) is 5.69 Å². The van der Waals surface area contributed by atoms with Crippen molar-refractivity contribution >= 4 is 27.3 Å². The summed E-state index contributed by atoms with van der Waals surface area (Å²) in [6.07, 6.45) is 2.08. The van der Waals surface area contributed by atoms with Crippen LogP contribution in [0.1, 0.15) is 12.8 Å². The lowest BCUT2D eigenvalue weighted by molar-refractivity contribution is 0.385. The molecule has 1 aromatic carbocycles. The second-order valence-electron chi connectivity index (χ2n) is 6.47. The average Bonchev–Trinajstić information content (AvgIpc) is 3.37. The topological polar surface area (TPSA) is 95.3 Å². The highest BCUT2D eigenvalue weighted by Crippen LogP contribution is 2.26. The number of halogens is 1. The summed E-state index contributed by atoms with van der Waals surface area (Å²) >= 11 is 6.06. The van der Waals surface area contributed by atoms with Crippen LogP contribution in [0.5, 0.6) is 0 Å². The second-order valence-corrected chi connectivity index (χ2v) is 8.85. The van der Waals surface area contributed by atoms with Crippen molar-refractivity contribution in [3.05, 3.63) is 47.4 Å². The molecule has 8 nitrogen and oxygen atoms in total. The summed E-state index contributed by atoms with van der Waals surface area (Å²) in [5.41, 5.74) is 1.49. The van der Waals surface area contributed by atoms with Crippen LogP contribution in [0.25, 0.3) is 11.6 Å². The lowest BCUT2D eigenvalue weighted by atomic mass is 10.2. The zero-order chi connectivity index (χ0) is 19.7. The Kier molecular flexibility index (Phi) is 5.13. The number of benzene rings is 1. The van der Waals surface area contributed by atoms with Gasteiger partial charge in [-0.05, 0) is 24.3 Å². The van der Waals surface area contributed by atoms with Crippen LogP contribution >= 0.6 is 11.6 Å². The molecular formula is C18H20ClN5O3S. The Labute approximate surface area is 168 Å². The third kappa shape index (κ3) is 3.65. The number of aromatic nitrogens is 3. The van der Waals surface area contributed by atoms with Crippen LogP contribution in [-0.2, 0) is 16.4 Å². The number of aromatic amines is 1. The summed E-state index contributed by atoms with van der Waals surface area (Å²) in [6, 6.07) is 9.11. The maximum absolute atomic E-state index is 13.0. The first kappa shape index (κ1) is 19.0. The quantitative estimate of drug-likeness (QED) is 0.680. The molecule has 28 heavy (non-hydrogen) atoms. The third-order valence-corrected chi connectivity index (χ3v) is 6.82. The van der Waals surface area contributed by atoms with Gasteiger partial charge in [0.1, 0.15) is 10.6 Å². The van der Waals surface area contributed by atoms with E-state index in [-0.39, 0.29) is 10.8 Å². The molecule has 1 aliphatic heterocycles. The number of piperazine rings is 1. The molecule has 148 valence electrons. The smallest absolute Gasteiger partial charge is 0.264 e. The first-order valence-corrected chi connectivity index (χ1v) is 10.8. The number of H-pyrrole nitrogens is 1. The molecule has 0 bridgehead atoms. The van der Waals surface area contributed by atoms with Crippen molar-refractivity contribution < 1.29 is 12.8 Å². The number of aryl methyl sites for hydroxylation is 1. The molecular weight excluding hydrogens is 402 g/mol. The van der Waals surface area contributed by atoms with Crippen LogP contribution in [0.3, 0.4) is 0 Å². The van der Waals surface area contributed by atoms with E-state index >= 15 is 0 Å². The van der Waals surface area contributed by atoms with E-state index < -0.39 is 10.0 Å². The zero-order valence-corrected chi connectivity index (χ0v) is 16.9. The van der Waals surface area contributed by atoms with E-state index in [9.17, 15) is 8.42 Å². The van der Waals surface area contributed by atoms with Crippen molar-refractivity contribution in [2.45, 2.75) is 18.2 Å². The lowest BCUT2D eigenvalue weighted by Gasteiger charge is -2.35. The monoisotopic (exact) mass is 421 g/mol. The van der Waals surface area contributed by atoms with Gasteiger partial charge in [-0.3, -0.25) is 0 Å². The van der Waals surface area contributed by atoms with Gasteiger partial charge in [0.05, 0.1) is 0 Å². The standard InChI is InChI=1S/C18H20ClN5O3S/c1-2-17-21-22-18(27-17)16-11-15(12-20-16)28(25,26)24-8-6-23(7-9-24)14-5-3-4-13(19)10-14/h3-5,10-12,20H,2,6-9H2,1H3. The van der Waals surface area contributed by atoms with E-state index in [0.29, 0.717) is 49.2 Å². The van der Waals surface area contributed by atoms with Crippen molar-refractivity contribution in [1.29, 1.82) is 0 Å². The fourth-order valence-electron chi connectivity index (χ4n) is 3.16. The van der Waals surface area contributed by atoms with Gasteiger partial charge in [-0.25, -0.2) is 8.42 Å². The maximum Gasteiger partial charge on any atom is 0.264 e. The number of nitrogens with one attached hydrogen (secondary N) is 1. The second kappa shape index (κ2) is 7.57. The minimum atomic E-state index is -3.60. The zero-order valence-electron chi connectivity index (χ0n) is 15.3. The predicted octanol–water partition coefficient (Wildman–Crippen LogP) is 2.79. The van der Waals surface area contributed by atoms with Crippen molar-refractivity contribution in [1.82, 2.24) is 19.5 Å². The molecule has 0 unspecified atom stereocenters. The normalized spacial score (nSPS) is 15.9. The molecule has 1 saturated heterocycles. The number of anilines is 1. The van der Waals surface area contributed by atoms with Gasteiger partial charge in [-0.2, -0.15) is 4.31 Å². The Balaban J connectivity index is 1.47. The SMILES string of the molecule is CCc1nnc(-c2cc(S(=O)(=O)N3CCN(c4cccc(Cl)c4)CC3)c[nH]2)o1. The van der Waals surface area contributed by atoms with Gasteiger partial charge in [0.2, 0.25) is 15.9 Å². The summed E-state index contributed by atoms with van der Waals surface area (Å²) < 4.78 is 33.0. The largest absolute Gasteiger partial charge is 0.419 e. The van der Waals surface area contributed by atoms with E-state index in [1.165, 1.54) is 16.6 Å². The van der Waals surface area contributed by atoms with Gasteiger partial charge in [-0.15, -0.1) is 10.2 Å². The predicted molar refractivity (Wildman–Crippen MR) is 106 cm³/mol.